The molecule has 8 rings (SSSR count). The number of carboxylic acid groups (broad SMARTS) is 4. The quantitative estimate of drug-likeness (QED) is 0.0127. The maximum absolute atomic E-state index is 13.0. The Bertz CT molecular complexity index is 3730. The van der Waals surface area contributed by atoms with E-state index in [0.29, 0.717) is 213 Å². The fourth-order valence-corrected chi connectivity index (χ4v) is 12.2. The van der Waals surface area contributed by atoms with E-state index in [1.807, 2.05) is 48.5 Å². The Balaban J connectivity index is 0.000000306. The number of thiocarbonyl (C=S) groups is 1. The molecule has 30 heteroatoms. The Kier molecular flexibility index (Phi) is 42.1. The smallest absolute Gasteiger partial charge is 0.354 e. The van der Waals surface area contributed by atoms with Gasteiger partial charge in [0.2, 0.25) is 0 Å². The highest BCUT2D eigenvalue weighted by molar-refractivity contribution is 7.78. The fraction of sp³-hybridized carbons (Fsp3) is 0.500. The number of amides is 1. The second-order valence-corrected chi connectivity index (χ2v) is 26.2. The van der Waals surface area contributed by atoms with Crippen molar-refractivity contribution in [3.05, 3.63) is 196 Å². The van der Waals surface area contributed by atoms with Crippen LogP contribution in [0.3, 0.4) is 0 Å². The molecular weight excluding hydrogens is 1430 g/mol. The van der Waals surface area contributed by atoms with Crippen LogP contribution in [-0.4, -0.2) is 279 Å². The Hall–Kier alpha value is -8.79. The molecule has 6 aromatic rings. The highest BCUT2D eigenvalue weighted by Gasteiger charge is 2.28. The van der Waals surface area contributed by atoms with Crippen molar-refractivity contribution in [2.45, 2.75) is 76.5 Å². The van der Waals surface area contributed by atoms with Crippen LogP contribution in [0.25, 0.3) is 5.70 Å². The number of benzene rings is 2. The van der Waals surface area contributed by atoms with E-state index < -0.39 is 29.9 Å². The van der Waals surface area contributed by atoms with Gasteiger partial charge in [0.05, 0.1) is 146 Å². The minimum Gasteiger partial charge on any atom is -0.477 e. The molecule has 2 atom stereocenters. The third-order valence-electron chi connectivity index (χ3n) is 18.0. The number of hydrogen-bond donors (Lipinski definition) is 7. The van der Waals surface area contributed by atoms with E-state index in [9.17, 15) is 44.4 Å². The first-order valence-electron chi connectivity index (χ1n) is 37.7. The molecule has 596 valence electrons. The van der Waals surface area contributed by atoms with Crippen LogP contribution >= 0.6 is 12.2 Å². The number of aromatic nitrogens is 4. The van der Waals surface area contributed by atoms with Crippen LogP contribution in [0.4, 0.5) is 0 Å². The molecular formula is C80H108N12O17S. The van der Waals surface area contributed by atoms with Crippen molar-refractivity contribution in [1.29, 1.82) is 0 Å². The number of carbonyl (C=O) groups is 5. The van der Waals surface area contributed by atoms with Crippen LogP contribution in [0, 0.1) is 0 Å². The third-order valence-corrected chi connectivity index (χ3v) is 18.1. The fourth-order valence-electron chi connectivity index (χ4n) is 12.2. The van der Waals surface area contributed by atoms with Gasteiger partial charge in [-0.05, 0) is 122 Å². The van der Waals surface area contributed by atoms with Gasteiger partial charge in [0.1, 0.15) is 22.8 Å². The van der Waals surface area contributed by atoms with Crippen molar-refractivity contribution in [2.75, 3.05) is 184 Å². The first kappa shape index (κ1) is 88.4. The van der Waals surface area contributed by atoms with E-state index in [0.717, 1.165) is 86.8 Å². The number of ether oxygens (including phenoxy) is 8. The molecule has 2 saturated heterocycles. The summed E-state index contributed by atoms with van der Waals surface area (Å²) in [7, 11) is 0. The van der Waals surface area contributed by atoms with E-state index >= 15 is 0 Å². The van der Waals surface area contributed by atoms with Gasteiger partial charge in [-0.15, -0.1) is 0 Å². The maximum atomic E-state index is 13.0. The molecule has 2 aliphatic rings. The molecule has 4 aromatic heterocycles. The molecule has 1 amide bonds. The van der Waals surface area contributed by atoms with Crippen molar-refractivity contribution >= 4 is 52.9 Å². The van der Waals surface area contributed by atoms with E-state index in [2.05, 4.69) is 79.1 Å². The van der Waals surface area contributed by atoms with Gasteiger partial charge in [0, 0.05) is 96.3 Å². The number of isothiocyanates is 1. The number of aromatic carboxylic acids is 4. The molecule has 2 fully saturated rings. The summed E-state index contributed by atoms with van der Waals surface area (Å²) in [4.78, 5) is 89.7. The van der Waals surface area contributed by atoms with Gasteiger partial charge in [-0.25, -0.2) is 44.1 Å². The number of unbranched alkanes of at least 4 members (excludes halogenated alkanes) is 6. The second kappa shape index (κ2) is 52.4. The summed E-state index contributed by atoms with van der Waals surface area (Å²) in [6.45, 7) is 18.7. The predicted molar refractivity (Wildman–Crippen MR) is 417 cm³/mol. The van der Waals surface area contributed by atoms with Crippen molar-refractivity contribution in [3.8, 4) is 0 Å². The van der Waals surface area contributed by atoms with Crippen molar-refractivity contribution in [1.82, 2.24) is 50.2 Å². The summed E-state index contributed by atoms with van der Waals surface area (Å²) in [6, 6.07) is 34.6. The summed E-state index contributed by atoms with van der Waals surface area (Å²) in [5, 5.41) is 47.0. The number of nitrogens with zero attached hydrogens (tertiary/aromatic N) is 9. The van der Waals surface area contributed by atoms with E-state index in [1.54, 1.807) is 48.5 Å². The monoisotopic (exact) mass is 1540 g/mol. The molecule has 6 heterocycles. The van der Waals surface area contributed by atoms with Gasteiger partial charge < -0.3 is 74.7 Å². The summed E-state index contributed by atoms with van der Waals surface area (Å²) >= 11 is 4.59. The lowest BCUT2D eigenvalue weighted by atomic mass is 9.98. The van der Waals surface area contributed by atoms with E-state index in [-0.39, 0.29) is 34.7 Å². The highest BCUT2D eigenvalue weighted by Crippen LogP contribution is 2.31. The topological polar surface area (TPSA) is 367 Å². The van der Waals surface area contributed by atoms with Crippen LogP contribution in [0.5, 0.6) is 0 Å². The molecule has 2 unspecified atom stereocenters. The lowest BCUT2D eigenvalue weighted by Gasteiger charge is -2.32. The van der Waals surface area contributed by atoms with Crippen LogP contribution in [0.15, 0.2) is 133 Å². The number of nitrogens with two attached hydrogens (primary N) is 1. The number of nitrogens with one attached hydrogen (secondary N) is 2. The van der Waals surface area contributed by atoms with Crippen LogP contribution in [0.1, 0.15) is 155 Å². The van der Waals surface area contributed by atoms with Crippen molar-refractivity contribution in [2.24, 2.45) is 10.7 Å². The van der Waals surface area contributed by atoms with Crippen LogP contribution < -0.4 is 16.4 Å². The first-order chi connectivity index (χ1) is 53.7. The third kappa shape index (κ3) is 33.4. The molecule has 2 aliphatic heterocycles. The van der Waals surface area contributed by atoms with Crippen LogP contribution in [0.2, 0.25) is 0 Å². The standard InChI is InChI=1S/C40H52N6O9S.C40H56N6O8/c47-38(42-16-4-2-1-3-15-41-30-56)32-13-11-31(12-14-32)37(34-8-6-10-36(44-34)40(50)51)46-19-23-54-27-25-52-21-17-45(18-22-53-26-28-55-24-20-46)29-33-7-5-9-35(43-33)39(48)49;1-31(42-17-5-3-2-4-16-41)32-12-14-33(15-13-32)38(35-9-7-11-37(44-35)40(49)50)46-20-24-53-28-26-51-22-18-45(19-23-52-27-29-54-25-21-46)30-34-8-6-10-36(43-34)39(47)48/h5-14,37H,1-4,15-29H2,(H,42,47)(H,48,49)(H,50,51);6-15,38,42H,1-5,16-30,41H2,(H,47,48)(H,49,50). The average molecular weight is 1540 g/mol. The highest BCUT2D eigenvalue weighted by atomic mass is 32.1. The minimum atomic E-state index is -1.13. The number of carbonyl (C=O) groups excluding carboxylic acids is 1. The van der Waals surface area contributed by atoms with Crippen molar-refractivity contribution in [3.63, 3.8) is 0 Å². The van der Waals surface area contributed by atoms with Gasteiger partial charge in [0.25, 0.3) is 5.91 Å². The molecule has 8 N–H and O–H groups in total. The molecule has 110 heavy (non-hydrogen) atoms. The number of hydrogen-bond acceptors (Lipinski definition) is 25. The predicted octanol–water partition coefficient (Wildman–Crippen LogP) is 8.17. The minimum absolute atomic E-state index is 0.00167. The molecule has 0 saturated carbocycles. The molecule has 0 radical (unpaired) electrons. The lowest BCUT2D eigenvalue weighted by molar-refractivity contribution is 0.00331. The molecule has 0 bridgehead atoms. The van der Waals surface area contributed by atoms with Crippen LogP contribution in [-0.2, 0) is 51.0 Å². The average Bonchev–Trinajstić information content (AvgIpc) is 0.810. The zero-order chi connectivity index (χ0) is 78.2. The SMILES string of the molecule is C=C(NCCCCCCN)c1ccc(C(c2cccc(C(=O)O)n2)N2CCOCCOCCN(Cc3cccc(C(=O)O)n3)CCOCCOCC2)cc1.O=C(NCCCCCCN=C=S)c1ccc(C(c2cccc(C(=O)O)n2)N2CCOCCOCCN(Cc3cccc(C(=O)O)n3)CCOCCOCC2)cc1. The lowest BCUT2D eigenvalue weighted by Crippen LogP contribution is -2.36. The Morgan fingerprint density at radius 1 is 0.427 bits per heavy atom. The zero-order valence-corrected chi connectivity index (χ0v) is 63.7. The summed E-state index contributed by atoms with van der Waals surface area (Å²) < 4.78 is 47.6. The normalized spacial score (nSPS) is 16.6. The zero-order valence-electron chi connectivity index (χ0n) is 62.9. The maximum Gasteiger partial charge on any atom is 0.354 e. The Morgan fingerprint density at radius 3 is 1.14 bits per heavy atom. The van der Waals surface area contributed by atoms with Gasteiger partial charge >= 0.3 is 23.9 Å². The molecule has 0 aliphatic carbocycles. The van der Waals surface area contributed by atoms with Gasteiger partial charge in [-0.1, -0.05) is 92.9 Å². The number of pyridine rings is 4. The van der Waals surface area contributed by atoms with Gasteiger partial charge in [0.15, 0.2) is 0 Å². The summed E-state index contributed by atoms with van der Waals surface area (Å²) in [5.41, 5.74) is 12.1. The van der Waals surface area contributed by atoms with E-state index in [1.165, 1.54) is 24.3 Å². The summed E-state index contributed by atoms with van der Waals surface area (Å²) in [5.74, 6) is -4.51. The van der Waals surface area contributed by atoms with E-state index in [4.69, 9.17) is 43.6 Å². The Morgan fingerprint density at radius 2 is 0.764 bits per heavy atom. The molecule has 29 nitrogen and oxygen atoms in total. The van der Waals surface area contributed by atoms with Crippen molar-refractivity contribution < 1.29 is 82.3 Å². The largest absolute Gasteiger partial charge is 0.477 e. The van der Waals surface area contributed by atoms with Gasteiger partial charge in [-0.2, -0.15) is 0 Å². The van der Waals surface area contributed by atoms with Gasteiger partial charge in [-0.3, -0.25) is 24.4 Å². The summed E-state index contributed by atoms with van der Waals surface area (Å²) in [6.07, 6.45) is 8.12. The Labute approximate surface area is 649 Å². The second-order valence-electron chi connectivity index (χ2n) is 26.0. The number of aliphatic imine (C=N–C) groups is 1. The first-order valence-corrected chi connectivity index (χ1v) is 38.1. The number of rotatable bonds is 30. The number of carboxylic acids is 4. The molecule has 0 spiro atoms. The molecule has 2 aromatic carbocycles.